The van der Waals surface area contributed by atoms with Crippen LogP contribution in [-0.4, -0.2) is 20.7 Å². The van der Waals surface area contributed by atoms with E-state index in [0.29, 0.717) is 0 Å². The number of nitrogens with zero attached hydrogens (tertiary/aromatic N) is 1. The number of para-hydroxylation sites is 3. The molecule has 0 bridgehead atoms. The normalized spacial score (nSPS) is 12.0. The minimum Gasteiger partial charge on any atom is -0.455 e. The lowest BCUT2D eigenvalue weighted by Gasteiger charge is -2.38. The van der Waals surface area contributed by atoms with Gasteiger partial charge in [0.25, 0.3) is 0 Å². The predicted molar refractivity (Wildman–Crippen MR) is 301 cm³/mol. The highest BCUT2D eigenvalue weighted by Crippen LogP contribution is 2.39. The minimum atomic E-state index is -3.09. The summed E-state index contributed by atoms with van der Waals surface area (Å²) in [5, 5.41) is 15.4. The van der Waals surface area contributed by atoms with Gasteiger partial charge in [0.05, 0.1) is 11.0 Å². The molecule has 13 rings (SSSR count). The molecule has 0 atom stereocenters. The van der Waals surface area contributed by atoms with Crippen LogP contribution in [0.4, 0.5) is 0 Å². The zero-order chi connectivity index (χ0) is 46.5. The third kappa shape index (κ3) is 6.52. The minimum absolute atomic E-state index is 0.903. The highest BCUT2D eigenvalue weighted by Gasteiger charge is 2.46. The maximum atomic E-state index is 6.62. The number of hydrogen-bond acceptors (Lipinski definition) is 1. The summed E-state index contributed by atoms with van der Waals surface area (Å²) in [6, 6.07) is 107. The van der Waals surface area contributed by atoms with Crippen molar-refractivity contribution >= 4 is 101 Å². The zero-order valence-corrected chi connectivity index (χ0v) is 40.5. The van der Waals surface area contributed by atoms with Crippen molar-refractivity contribution in [3.05, 3.63) is 285 Å². The number of hydrogen-bond donors (Lipinski definition) is 0. The third-order valence-electron chi connectivity index (χ3n) is 14.7. The number of benzene rings is 11. The molecule has 0 amide bonds. The van der Waals surface area contributed by atoms with E-state index in [2.05, 4.69) is 284 Å². The number of fused-ring (bicyclic) bond motifs is 6. The Balaban J connectivity index is 1.18. The predicted octanol–water partition coefficient (Wildman–Crippen LogP) is 11.1. The molecule has 11 aromatic carbocycles. The van der Waals surface area contributed by atoms with E-state index in [-0.39, 0.29) is 0 Å². The van der Waals surface area contributed by atoms with Crippen LogP contribution in [0.1, 0.15) is 0 Å². The van der Waals surface area contributed by atoms with Crippen molar-refractivity contribution in [2.45, 2.75) is 0 Å². The fraction of sp³-hybridized carbons (Fsp3) is 0. The van der Waals surface area contributed by atoms with Crippen molar-refractivity contribution in [2.75, 3.05) is 0 Å². The van der Waals surface area contributed by atoms with Crippen molar-refractivity contribution in [3.63, 3.8) is 0 Å². The number of aromatic nitrogens is 1. The van der Waals surface area contributed by atoms with E-state index >= 15 is 0 Å². The molecule has 0 spiro atoms. The van der Waals surface area contributed by atoms with E-state index in [0.717, 1.165) is 49.8 Å². The van der Waals surface area contributed by atoms with E-state index in [9.17, 15) is 0 Å². The molecule has 0 aliphatic rings. The van der Waals surface area contributed by atoms with Gasteiger partial charge in [-0.1, -0.05) is 249 Å². The molecular formula is C66H47NOSi2. The van der Waals surface area contributed by atoms with Crippen LogP contribution in [0.2, 0.25) is 0 Å². The quantitative estimate of drug-likeness (QED) is 0.0987. The maximum Gasteiger partial charge on any atom is 0.179 e. The highest BCUT2D eigenvalue weighted by atomic mass is 28.3. The summed E-state index contributed by atoms with van der Waals surface area (Å²) in [5.41, 5.74) is 7.50. The van der Waals surface area contributed by atoms with Crippen molar-refractivity contribution in [2.24, 2.45) is 0 Å². The first-order valence-corrected chi connectivity index (χ1v) is 28.2. The summed E-state index contributed by atoms with van der Waals surface area (Å²) in [4.78, 5) is 0. The first-order valence-electron chi connectivity index (χ1n) is 24.2. The monoisotopic (exact) mass is 925 g/mol. The Bertz CT molecular complexity index is 3640. The van der Waals surface area contributed by atoms with Crippen molar-refractivity contribution in [1.82, 2.24) is 4.57 Å². The van der Waals surface area contributed by atoms with Crippen LogP contribution in [0.25, 0.3) is 60.6 Å². The van der Waals surface area contributed by atoms with Crippen LogP contribution in [0.15, 0.2) is 290 Å². The molecular weight excluding hydrogens is 879 g/mol. The van der Waals surface area contributed by atoms with E-state index in [1.807, 2.05) is 6.07 Å². The third-order valence-corrected chi connectivity index (χ3v) is 24.2. The molecule has 70 heavy (non-hydrogen) atoms. The van der Waals surface area contributed by atoms with Crippen LogP contribution in [-0.2, 0) is 0 Å². The number of rotatable bonds is 10. The Hall–Kier alpha value is -8.55. The van der Waals surface area contributed by atoms with Gasteiger partial charge in [-0.2, -0.15) is 0 Å². The van der Waals surface area contributed by atoms with E-state index in [1.165, 1.54) is 52.3 Å². The van der Waals surface area contributed by atoms with Gasteiger partial charge in [-0.25, -0.2) is 0 Å². The summed E-state index contributed by atoms with van der Waals surface area (Å²) in [5.74, 6) is 0. The summed E-state index contributed by atoms with van der Waals surface area (Å²) in [6.45, 7) is 0. The molecule has 0 N–H and O–H groups in total. The van der Waals surface area contributed by atoms with E-state index in [4.69, 9.17) is 4.42 Å². The Morgan fingerprint density at radius 1 is 0.271 bits per heavy atom. The molecule has 0 saturated heterocycles. The Morgan fingerprint density at radius 3 is 1.16 bits per heavy atom. The smallest absolute Gasteiger partial charge is 0.179 e. The SMILES string of the molecule is c1ccc([Si](c2ccccc2)(c2ccccc2)c2cc(-n3c4ccccc4c4cc(-c5cccc6c5oc5ccccc56)ccc43)cc([Si](c3ccccc3)(c3ccccc3)c3ccccc3)c2)cc1. The fourth-order valence-electron chi connectivity index (χ4n) is 11.7. The second-order valence-electron chi connectivity index (χ2n) is 18.3. The van der Waals surface area contributed by atoms with E-state index < -0.39 is 16.1 Å². The van der Waals surface area contributed by atoms with Gasteiger partial charge in [0.15, 0.2) is 16.1 Å². The molecule has 0 radical (unpaired) electrons. The van der Waals surface area contributed by atoms with Gasteiger partial charge < -0.3 is 8.98 Å². The molecule has 0 fully saturated rings. The zero-order valence-electron chi connectivity index (χ0n) is 38.5. The van der Waals surface area contributed by atoms with Crippen LogP contribution < -0.4 is 41.5 Å². The fourth-order valence-corrected chi connectivity index (χ4v) is 21.5. The van der Waals surface area contributed by atoms with Crippen molar-refractivity contribution in [1.29, 1.82) is 0 Å². The van der Waals surface area contributed by atoms with Crippen LogP contribution in [0.5, 0.6) is 0 Å². The van der Waals surface area contributed by atoms with Crippen LogP contribution in [0.3, 0.4) is 0 Å². The number of furan rings is 1. The highest BCUT2D eigenvalue weighted by molar-refractivity contribution is 7.22. The standard InChI is InChI=1S/C66H47NOSi2/c1-7-24-50(25-8-1)69(51-26-9-2-10-27-51,52-28-11-3-12-29-52)56-45-49(46-57(47-56)70(53-30-13-4-14-31-53,54-32-15-5-16-33-54)55-34-17-6-18-35-55)67-63-40-21-19-36-59(63)62-44-48(42-43-64(62)67)58-38-23-39-61-60-37-20-22-41-65(60)68-66(58)61/h1-47H. The van der Waals surface area contributed by atoms with Gasteiger partial charge in [-0.05, 0) is 83.5 Å². The average molecular weight is 926 g/mol. The average Bonchev–Trinajstić information content (AvgIpc) is 3.99. The molecule has 330 valence electrons. The topological polar surface area (TPSA) is 18.1 Å². The van der Waals surface area contributed by atoms with Gasteiger partial charge in [0.1, 0.15) is 11.2 Å². The summed E-state index contributed by atoms with van der Waals surface area (Å²) in [6.07, 6.45) is 0. The molecule has 4 heteroatoms. The molecule has 0 aliphatic heterocycles. The van der Waals surface area contributed by atoms with Gasteiger partial charge in [0.2, 0.25) is 0 Å². The van der Waals surface area contributed by atoms with Crippen LogP contribution in [0, 0.1) is 0 Å². The first-order chi connectivity index (χ1) is 34.7. The lowest BCUT2D eigenvalue weighted by molar-refractivity contribution is 0.670. The molecule has 0 saturated carbocycles. The summed E-state index contributed by atoms with van der Waals surface area (Å²) in [7, 11) is -6.17. The summed E-state index contributed by atoms with van der Waals surface area (Å²) >= 11 is 0. The lowest BCUT2D eigenvalue weighted by Crippen LogP contribution is -2.78. The second-order valence-corrected chi connectivity index (χ2v) is 25.9. The lowest BCUT2D eigenvalue weighted by atomic mass is 10.0. The molecule has 13 aromatic rings. The molecule has 0 unspecified atom stereocenters. The first kappa shape index (κ1) is 41.6. The molecule has 0 aliphatic carbocycles. The second kappa shape index (κ2) is 17.2. The van der Waals surface area contributed by atoms with E-state index in [1.54, 1.807) is 0 Å². The molecule has 2 heterocycles. The van der Waals surface area contributed by atoms with Gasteiger partial charge in [-0.3, -0.25) is 0 Å². The van der Waals surface area contributed by atoms with Crippen molar-refractivity contribution < 1.29 is 4.42 Å². The Morgan fingerprint density at radius 2 is 0.671 bits per heavy atom. The van der Waals surface area contributed by atoms with Gasteiger partial charge in [0, 0.05) is 32.8 Å². The molecule has 2 nitrogen and oxygen atoms in total. The Labute approximate surface area is 410 Å². The Kier molecular flexibility index (Phi) is 10.2. The summed E-state index contributed by atoms with van der Waals surface area (Å²) < 4.78 is 9.17. The molecule has 2 aromatic heterocycles. The van der Waals surface area contributed by atoms with Crippen molar-refractivity contribution in [3.8, 4) is 16.8 Å². The van der Waals surface area contributed by atoms with Gasteiger partial charge >= 0.3 is 0 Å². The maximum absolute atomic E-state index is 6.62. The van der Waals surface area contributed by atoms with Crippen LogP contribution >= 0.6 is 0 Å². The van der Waals surface area contributed by atoms with Gasteiger partial charge in [-0.15, -0.1) is 0 Å². The largest absolute Gasteiger partial charge is 0.455 e.